The molecule has 1 heterocycles. The van der Waals surface area contributed by atoms with E-state index in [1.165, 1.54) is 0 Å². The van der Waals surface area contributed by atoms with E-state index in [0.29, 0.717) is 6.08 Å². The molecule has 0 radical (unpaired) electrons. The third-order valence-electron chi connectivity index (χ3n) is 1.27. The second-order valence-corrected chi connectivity index (χ2v) is 3.57. The van der Waals surface area contributed by atoms with E-state index in [1.807, 2.05) is 0 Å². The van der Waals surface area contributed by atoms with E-state index in [-0.39, 0.29) is 0 Å². The Kier molecular flexibility index (Phi) is 2.75. The standard InChI is InChI=1S/C6H4O8S/c7-4(8)1-3-2-5(9)13-15(11,12)14-6(3)10/h1H,2H2,(H,7,8)/b3-1+. The molecular formula is C6H4O8S. The zero-order valence-electron chi connectivity index (χ0n) is 7.00. The van der Waals surface area contributed by atoms with Gasteiger partial charge >= 0.3 is 28.3 Å². The van der Waals surface area contributed by atoms with Gasteiger partial charge in [-0.3, -0.25) is 4.79 Å². The average molecular weight is 236 g/mol. The van der Waals surface area contributed by atoms with Crippen molar-refractivity contribution < 1.29 is 36.3 Å². The number of rotatable bonds is 1. The molecule has 1 aliphatic rings. The number of hydrogen-bond acceptors (Lipinski definition) is 7. The van der Waals surface area contributed by atoms with Gasteiger partial charge in [-0.1, -0.05) is 0 Å². The summed E-state index contributed by atoms with van der Waals surface area (Å²) < 4.78 is 28.8. The molecule has 82 valence electrons. The predicted octanol–water partition coefficient (Wildman–Crippen LogP) is -1.27. The Balaban J connectivity index is 3.10. The summed E-state index contributed by atoms with van der Waals surface area (Å²) in [7, 11) is -4.72. The van der Waals surface area contributed by atoms with Crippen molar-refractivity contribution >= 4 is 28.3 Å². The second kappa shape index (κ2) is 3.69. The summed E-state index contributed by atoms with van der Waals surface area (Å²) in [5.74, 6) is -4.23. The van der Waals surface area contributed by atoms with Crippen molar-refractivity contribution in [1.29, 1.82) is 0 Å². The Bertz CT molecular complexity index is 456. The van der Waals surface area contributed by atoms with Crippen LogP contribution >= 0.6 is 0 Å². The van der Waals surface area contributed by atoms with Crippen LogP contribution in [0.2, 0.25) is 0 Å². The first-order valence-electron chi connectivity index (χ1n) is 3.45. The largest absolute Gasteiger partial charge is 0.506 e. The van der Waals surface area contributed by atoms with Crippen LogP contribution in [0.25, 0.3) is 0 Å². The van der Waals surface area contributed by atoms with Gasteiger partial charge < -0.3 is 13.5 Å². The van der Waals surface area contributed by atoms with E-state index in [0.717, 1.165) is 0 Å². The predicted molar refractivity (Wildman–Crippen MR) is 41.4 cm³/mol. The highest BCUT2D eigenvalue weighted by molar-refractivity contribution is 7.82. The van der Waals surface area contributed by atoms with Gasteiger partial charge in [-0.25, -0.2) is 9.59 Å². The Morgan fingerprint density at radius 1 is 1.33 bits per heavy atom. The van der Waals surface area contributed by atoms with Crippen LogP contribution in [-0.2, 0) is 33.1 Å². The molecule has 0 atom stereocenters. The van der Waals surface area contributed by atoms with E-state index in [1.54, 1.807) is 0 Å². The summed E-state index contributed by atoms with van der Waals surface area (Å²) in [6, 6.07) is 0. The van der Waals surface area contributed by atoms with Gasteiger partial charge in [-0.15, -0.1) is 8.42 Å². The molecular weight excluding hydrogens is 232 g/mol. The van der Waals surface area contributed by atoms with Gasteiger partial charge in [0, 0.05) is 6.08 Å². The summed E-state index contributed by atoms with van der Waals surface area (Å²) >= 11 is 0. The highest BCUT2D eigenvalue weighted by Crippen LogP contribution is 2.15. The minimum Gasteiger partial charge on any atom is -0.478 e. The molecule has 0 aromatic rings. The second-order valence-electron chi connectivity index (χ2n) is 2.42. The van der Waals surface area contributed by atoms with Crippen LogP contribution < -0.4 is 0 Å². The number of carbonyl (C=O) groups is 3. The van der Waals surface area contributed by atoms with Crippen molar-refractivity contribution in [3.63, 3.8) is 0 Å². The lowest BCUT2D eigenvalue weighted by Gasteiger charge is -1.97. The minimum absolute atomic E-state index is 0.379. The number of carboxylic acids is 1. The first kappa shape index (κ1) is 11.2. The maximum atomic E-state index is 10.9. The fourth-order valence-electron chi connectivity index (χ4n) is 0.793. The van der Waals surface area contributed by atoms with Gasteiger partial charge in [0.2, 0.25) is 0 Å². The van der Waals surface area contributed by atoms with Gasteiger partial charge in [0.25, 0.3) is 0 Å². The highest BCUT2D eigenvalue weighted by Gasteiger charge is 2.32. The molecule has 0 unspecified atom stereocenters. The zero-order chi connectivity index (χ0) is 11.6. The molecule has 0 aromatic heterocycles. The molecule has 15 heavy (non-hydrogen) atoms. The SMILES string of the molecule is O=C(O)/C=C1\CC(=O)OS(=O)(=O)OC1=O. The lowest BCUT2D eigenvalue weighted by molar-refractivity contribution is -0.133. The van der Waals surface area contributed by atoms with Crippen LogP contribution in [0.3, 0.4) is 0 Å². The van der Waals surface area contributed by atoms with Crippen molar-refractivity contribution in [2.45, 2.75) is 6.42 Å². The maximum Gasteiger partial charge on any atom is 0.506 e. The monoisotopic (exact) mass is 236 g/mol. The molecule has 8 nitrogen and oxygen atoms in total. The fourth-order valence-corrected chi connectivity index (χ4v) is 1.41. The number of aliphatic carboxylic acids is 1. The number of hydrogen-bond donors (Lipinski definition) is 1. The van der Waals surface area contributed by atoms with Crippen LogP contribution in [0, 0.1) is 0 Å². The van der Waals surface area contributed by atoms with Crippen molar-refractivity contribution in [2.24, 2.45) is 0 Å². The summed E-state index contributed by atoms with van der Waals surface area (Å²) in [5.41, 5.74) is -0.603. The van der Waals surface area contributed by atoms with Gasteiger partial charge in [-0.2, -0.15) is 0 Å². The van der Waals surface area contributed by atoms with Gasteiger partial charge in [-0.05, 0) is 0 Å². The van der Waals surface area contributed by atoms with Gasteiger partial charge in [0.1, 0.15) is 0 Å². The normalized spacial score (nSPS) is 22.8. The third kappa shape index (κ3) is 3.06. The molecule has 1 fully saturated rings. The van der Waals surface area contributed by atoms with Crippen LogP contribution in [0.5, 0.6) is 0 Å². The molecule has 1 saturated heterocycles. The zero-order valence-corrected chi connectivity index (χ0v) is 7.81. The molecule has 0 spiro atoms. The quantitative estimate of drug-likeness (QED) is 0.559. The summed E-state index contributed by atoms with van der Waals surface area (Å²) in [5, 5.41) is 8.31. The summed E-state index contributed by atoms with van der Waals surface area (Å²) in [6.45, 7) is 0. The van der Waals surface area contributed by atoms with E-state index < -0.39 is 40.3 Å². The Morgan fingerprint density at radius 2 is 1.93 bits per heavy atom. The van der Waals surface area contributed by atoms with Crippen molar-refractivity contribution in [3.05, 3.63) is 11.6 Å². The molecule has 0 bridgehead atoms. The summed E-state index contributed by atoms with van der Waals surface area (Å²) in [6.07, 6.45) is -0.394. The first-order valence-corrected chi connectivity index (χ1v) is 4.78. The van der Waals surface area contributed by atoms with Crippen LogP contribution in [0.4, 0.5) is 0 Å². The molecule has 1 N–H and O–H groups in total. The van der Waals surface area contributed by atoms with Crippen LogP contribution in [0.15, 0.2) is 11.6 Å². The molecule has 9 heteroatoms. The molecule has 0 aromatic carbocycles. The fraction of sp³-hybridized carbons (Fsp3) is 0.167. The highest BCUT2D eigenvalue weighted by atomic mass is 32.3. The maximum absolute atomic E-state index is 10.9. The molecule has 0 saturated carbocycles. The van der Waals surface area contributed by atoms with Crippen LogP contribution in [0.1, 0.15) is 6.42 Å². The molecule has 1 rings (SSSR count). The van der Waals surface area contributed by atoms with E-state index in [4.69, 9.17) is 5.11 Å². The summed E-state index contributed by atoms with van der Waals surface area (Å²) in [4.78, 5) is 31.9. The van der Waals surface area contributed by atoms with Crippen molar-refractivity contribution in [1.82, 2.24) is 0 Å². The number of carbonyl (C=O) groups excluding carboxylic acids is 2. The molecule has 0 amide bonds. The number of carboxylic acid groups (broad SMARTS) is 1. The average Bonchev–Trinajstić information content (AvgIpc) is 2.06. The van der Waals surface area contributed by atoms with Gasteiger partial charge in [0.15, 0.2) is 0 Å². The van der Waals surface area contributed by atoms with E-state index >= 15 is 0 Å². The van der Waals surface area contributed by atoms with E-state index in [2.05, 4.69) is 8.37 Å². The van der Waals surface area contributed by atoms with Crippen molar-refractivity contribution in [3.8, 4) is 0 Å². The van der Waals surface area contributed by atoms with Crippen molar-refractivity contribution in [2.75, 3.05) is 0 Å². The smallest absolute Gasteiger partial charge is 0.478 e. The lowest BCUT2D eigenvalue weighted by atomic mass is 10.2. The molecule has 0 aliphatic carbocycles. The minimum atomic E-state index is -4.72. The van der Waals surface area contributed by atoms with Crippen LogP contribution in [-0.4, -0.2) is 31.4 Å². The lowest BCUT2D eigenvalue weighted by Crippen LogP contribution is -2.13. The third-order valence-corrected chi connectivity index (χ3v) is 2.01. The first-order chi connectivity index (χ1) is 6.80. The topological polar surface area (TPSA) is 124 Å². The van der Waals surface area contributed by atoms with E-state index in [9.17, 15) is 22.8 Å². The Hall–Kier alpha value is -1.90. The Labute approximate surface area is 83.4 Å². The Morgan fingerprint density at radius 3 is 2.47 bits per heavy atom. The van der Waals surface area contributed by atoms with Gasteiger partial charge in [0.05, 0.1) is 12.0 Å². The molecule has 1 aliphatic heterocycles.